The minimum absolute atomic E-state index is 0.483. The number of rotatable bonds is 4. The van der Waals surface area contributed by atoms with E-state index in [4.69, 9.17) is 14.6 Å². The molecule has 0 bridgehead atoms. The first-order valence-corrected chi connectivity index (χ1v) is 8.03. The fraction of sp³-hybridized carbons (Fsp3) is 0.316. The van der Waals surface area contributed by atoms with E-state index in [1.807, 2.05) is 56.3 Å². The summed E-state index contributed by atoms with van der Waals surface area (Å²) in [7, 11) is 0. The predicted molar refractivity (Wildman–Crippen MR) is 91.7 cm³/mol. The van der Waals surface area contributed by atoms with Crippen LogP contribution in [0.1, 0.15) is 25.8 Å². The number of amides is 1. The van der Waals surface area contributed by atoms with Crippen molar-refractivity contribution in [3.05, 3.63) is 48.0 Å². The van der Waals surface area contributed by atoms with E-state index in [0.717, 1.165) is 28.2 Å². The van der Waals surface area contributed by atoms with Crippen molar-refractivity contribution in [1.82, 2.24) is 5.32 Å². The van der Waals surface area contributed by atoms with Crippen LogP contribution in [-0.4, -0.2) is 24.4 Å². The number of carbonyl (C=O) groups is 1. The molecule has 2 aromatic rings. The molecule has 1 atom stereocenters. The zero-order valence-electron chi connectivity index (χ0n) is 13.8. The molecule has 1 amide bonds. The van der Waals surface area contributed by atoms with Gasteiger partial charge in [-0.2, -0.15) is 0 Å². The van der Waals surface area contributed by atoms with Crippen molar-refractivity contribution < 1.29 is 19.4 Å². The lowest BCUT2D eigenvalue weighted by atomic mass is 9.85. The van der Waals surface area contributed by atoms with Gasteiger partial charge in [0.05, 0.1) is 18.8 Å². The van der Waals surface area contributed by atoms with Gasteiger partial charge in [-0.25, -0.2) is 4.79 Å². The third-order valence-corrected chi connectivity index (χ3v) is 4.32. The average Bonchev–Trinajstić information content (AvgIpc) is 2.55. The Hall–Kier alpha value is -2.69. The Labute approximate surface area is 141 Å². The van der Waals surface area contributed by atoms with Crippen LogP contribution in [0.3, 0.4) is 0 Å². The molecular weight excluding hydrogens is 306 g/mol. The van der Waals surface area contributed by atoms with Crippen molar-refractivity contribution in [3.63, 3.8) is 0 Å². The second-order valence-electron chi connectivity index (χ2n) is 6.03. The van der Waals surface area contributed by atoms with E-state index in [2.05, 4.69) is 5.32 Å². The number of fused-ring (bicyclic) bond motifs is 1. The standard InChI is InChI=1S/C19H21NO4/c1-3-23-15-7-4-13(5-8-15)14-6-9-16-17(12-14)24-11-10-19(16,2)20-18(21)22/h4-9,12,20H,3,10-11H2,1-2H3,(H,21,22). The first-order valence-electron chi connectivity index (χ1n) is 8.03. The molecule has 2 aromatic carbocycles. The van der Waals surface area contributed by atoms with E-state index in [0.29, 0.717) is 19.6 Å². The van der Waals surface area contributed by atoms with Gasteiger partial charge >= 0.3 is 6.09 Å². The molecule has 0 spiro atoms. The highest BCUT2D eigenvalue weighted by Crippen LogP contribution is 2.39. The highest BCUT2D eigenvalue weighted by molar-refractivity contribution is 5.69. The Balaban J connectivity index is 1.92. The summed E-state index contributed by atoms with van der Waals surface area (Å²) >= 11 is 0. The quantitative estimate of drug-likeness (QED) is 0.890. The highest BCUT2D eigenvalue weighted by atomic mass is 16.5. The van der Waals surface area contributed by atoms with E-state index < -0.39 is 11.6 Å². The molecule has 0 aromatic heterocycles. The van der Waals surface area contributed by atoms with Gasteiger partial charge in [-0.15, -0.1) is 0 Å². The van der Waals surface area contributed by atoms with E-state index >= 15 is 0 Å². The summed E-state index contributed by atoms with van der Waals surface area (Å²) < 4.78 is 11.2. The van der Waals surface area contributed by atoms with Gasteiger partial charge in [-0.3, -0.25) is 0 Å². The fourth-order valence-electron chi connectivity index (χ4n) is 3.05. The monoisotopic (exact) mass is 327 g/mol. The third-order valence-electron chi connectivity index (χ3n) is 4.32. The van der Waals surface area contributed by atoms with E-state index in [1.165, 1.54) is 0 Å². The molecular formula is C19H21NO4. The molecule has 126 valence electrons. The largest absolute Gasteiger partial charge is 0.494 e. The van der Waals surface area contributed by atoms with Gasteiger partial charge in [-0.05, 0) is 43.2 Å². The summed E-state index contributed by atoms with van der Waals surface area (Å²) in [6.07, 6.45) is -0.421. The zero-order chi connectivity index (χ0) is 17.2. The second-order valence-corrected chi connectivity index (χ2v) is 6.03. The first kappa shape index (κ1) is 16.2. The van der Waals surface area contributed by atoms with Crippen LogP contribution in [-0.2, 0) is 5.54 Å². The number of ether oxygens (including phenoxy) is 2. The normalized spacial score (nSPS) is 19.1. The molecule has 2 N–H and O–H groups in total. The molecule has 3 rings (SSSR count). The fourth-order valence-corrected chi connectivity index (χ4v) is 3.05. The maximum Gasteiger partial charge on any atom is 0.405 e. The number of hydrogen-bond acceptors (Lipinski definition) is 3. The van der Waals surface area contributed by atoms with Crippen LogP contribution in [0.2, 0.25) is 0 Å². The third kappa shape index (κ3) is 3.15. The summed E-state index contributed by atoms with van der Waals surface area (Å²) in [5.74, 6) is 1.57. The van der Waals surface area contributed by atoms with Crippen LogP contribution in [0.15, 0.2) is 42.5 Å². The van der Waals surface area contributed by atoms with Crippen molar-refractivity contribution in [2.24, 2.45) is 0 Å². The van der Waals surface area contributed by atoms with Gasteiger partial charge in [0.1, 0.15) is 11.5 Å². The predicted octanol–water partition coefficient (Wildman–Crippen LogP) is 4.02. The van der Waals surface area contributed by atoms with Gasteiger partial charge in [0.25, 0.3) is 0 Å². The Kier molecular flexibility index (Phi) is 4.34. The Morgan fingerprint density at radius 1 is 1.25 bits per heavy atom. The minimum atomic E-state index is -1.03. The zero-order valence-corrected chi connectivity index (χ0v) is 13.8. The Bertz CT molecular complexity index is 742. The van der Waals surface area contributed by atoms with Gasteiger partial charge < -0.3 is 19.9 Å². The van der Waals surface area contributed by atoms with Gasteiger partial charge in [0.15, 0.2) is 0 Å². The van der Waals surface area contributed by atoms with Crippen LogP contribution < -0.4 is 14.8 Å². The average molecular weight is 327 g/mol. The van der Waals surface area contributed by atoms with Gasteiger partial charge in [0, 0.05) is 12.0 Å². The summed E-state index contributed by atoms with van der Waals surface area (Å²) in [4.78, 5) is 11.1. The van der Waals surface area contributed by atoms with E-state index in [9.17, 15) is 4.79 Å². The van der Waals surface area contributed by atoms with Crippen molar-refractivity contribution in [2.75, 3.05) is 13.2 Å². The Morgan fingerprint density at radius 3 is 2.62 bits per heavy atom. The van der Waals surface area contributed by atoms with Crippen LogP contribution in [0.4, 0.5) is 4.79 Å². The van der Waals surface area contributed by atoms with Crippen LogP contribution >= 0.6 is 0 Å². The molecule has 0 fully saturated rings. The molecule has 0 radical (unpaired) electrons. The molecule has 0 saturated carbocycles. The van der Waals surface area contributed by atoms with Gasteiger partial charge in [0.2, 0.25) is 0 Å². The molecule has 1 aliphatic heterocycles. The maximum atomic E-state index is 11.1. The maximum absolute atomic E-state index is 11.1. The number of benzene rings is 2. The molecule has 0 saturated heterocycles. The number of hydrogen-bond donors (Lipinski definition) is 2. The van der Waals surface area contributed by atoms with Crippen LogP contribution in [0.5, 0.6) is 11.5 Å². The van der Waals surface area contributed by atoms with Crippen molar-refractivity contribution >= 4 is 6.09 Å². The molecule has 1 heterocycles. The number of nitrogens with one attached hydrogen (secondary N) is 1. The van der Waals surface area contributed by atoms with Crippen molar-refractivity contribution in [3.8, 4) is 22.6 Å². The molecule has 1 unspecified atom stereocenters. The smallest absolute Gasteiger partial charge is 0.405 e. The van der Waals surface area contributed by atoms with Crippen LogP contribution in [0.25, 0.3) is 11.1 Å². The van der Waals surface area contributed by atoms with Gasteiger partial charge in [-0.1, -0.05) is 24.3 Å². The lowest BCUT2D eigenvalue weighted by Crippen LogP contribution is -2.46. The Morgan fingerprint density at radius 2 is 1.96 bits per heavy atom. The molecule has 5 nitrogen and oxygen atoms in total. The molecule has 0 aliphatic carbocycles. The summed E-state index contributed by atoms with van der Waals surface area (Å²) in [5.41, 5.74) is 2.32. The summed E-state index contributed by atoms with van der Waals surface area (Å²) in [6.45, 7) is 4.97. The number of carboxylic acid groups (broad SMARTS) is 1. The van der Waals surface area contributed by atoms with Crippen molar-refractivity contribution in [2.45, 2.75) is 25.8 Å². The lowest BCUT2D eigenvalue weighted by Gasteiger charge is -2.35. The van der Waals surface area contributed by atoms with E-state index in [1.54, 1.807) is 0 Å². The lowest BCUT2D eigenvalue weighted by molar-refractivity contribution is 0.158. The first-order chi connectivity index (χ1) is 11.5. The minimum Gasteiger partial charge on any atom is -0.494 e. The highest BCUT2D eigenvalue weighted by Gasteiger charge is 2.34. The summed E-state index contributed by atoms with van der Waals surface area (Å²) in [6, 6.07) is 13.8. The topological polar surface area (TPSA) is 67.8 Å². The van der Waals surface area contributed by atoms with E-state index in [-0.39, 0.29) is 0 Å². The SMILES string of the molecule is CCOc1ccc(-c2ccc3c(c2)OCCC3(C)NC(=O)O)cc1. The summed E-state index contributed by atoms with van der Waals surface area (Å²) in [5, 5.41) is 11.7. The molecule has 1 aliphatic rings. The van der Waals surface area contributed by atoms with Crippen molar-refractivity contribution in [1.29, 1.82) is 0 Å². The second kappa shape index (κ2) is 6.43. The molecule has 5 heteroatoms. The van der Waals surface area contributed by atoms with Crippen LogP contribution in [0, 0.1) is 0 Å². The molecule has 24 heavy (non-hydrogen) atoms.